The molecule has 1 aromatic heterocycles. The second-order valence-electron chi connectivity index (χ2n) is 8.18. The summed E-state index contributed by atoms with van der Waals surface area (Å²) in [5.41, 5.74) is 2.09. The maximum absolute atomic E-state index is 13.0. The Labute approximate surface area is 204 Å². The average molecular weight is 504 g/mol. The van der Waals surface area contributed by atoms with Gasteiger partial charge in [0.2, 0.25) is 5.91 Å². The lowest BCUT2D eigenvalue weighted by Gasteiger charge is -2.36. The number of nitrogens with one attached hydrogen (secondary N) is 2. The highest BCUT2D eigenvalue weighted by Gasteiger charge is 2.31. The van der Waals surface area contributed by atoms with Crippen LogP contribution in [0.4, 0.5) is 34.5 Å². The standard InChI is InChI=1S/C24H24F3N5O2S/c1-16-5-7-18(8-6-16)28-22(34)30-23-29-19(15-35-23)14-21(33)32-11-9-31(10-12-32)20-4-2-3-17(13-20)24(25,26)27/h2-8,13,15H,9-12,14H2,1H3,(H2,28,29,30,34). The first-order valence-electron chi connectivity index (χ1n) is 11.0. The number of anilines is 3. The Morgan fingerprint density at radius 3 is 2.43 bits per heavy atom. The smallest absolute Gasteiger partial charge is 0.368 e. The zero-order valence-electron chi connectivity index (χ0n) is 18.9. The number of urea groups is 1. The number of aryl methyl sites for hydroxylation is 1. The van der Waals surface area contributed by atoms with Crippen molar-refractivity contribution in [2.75, 3.05) is 41.7 Å². The maximum atomic E-state index is 13.0. The predicted molar refractivity (Wildman–Crippen MR) is 130 cm³/mol. The van der Waals surface area contributed by atoms with Crippen LogP contribution in [0.1, 0.15) is 16.8 Å². The molecule has 2 heterocycles. The Hall–Kier alpha value is -3.60. The van der Waals surface area contributed by atoms with Crippen molar-refractivity contribution in [2.45, 2.75) is 19.5 Å². The fourth-order valence-electron chi connectivity index (χ4n) is 3.70. The third-order valence-corrected chi connectivity index (χ3v) is 6.39. The molecule has 0 bridgehead atoms. The van der Waals surface area contributed by atoms with E-state index in [9.17, 15) is 22.8 Å². The lowest BCUT2D eigenvalue weighted by atomic mass is 10.1. The van der Waals surface area contributed by atoms with Crippen LogP contribution in [0.25, 0.3) is 0 Å². The zero-order valence-corrected chi connectivity index (χ0v) is 19.7. The summed E-state index contributed by atoms with van der Waals surface area (Å²) in [4.78, 5) is 32.7. The molecule has 184 valence electrons. The number of benzene rings is 2. The minimum Gasteiger partial charge on any atom is -0.368 e. The van der Waals surface area contributed by atoms with Gasteiger partial charge in [-0.25, -0.2) is 9.78 Å². The number of hydrogen-bond acceptors (Lipinski definition) is 5. The molecule has 1 aliphatic rings. The molecule has 0 spiro atoms. The molecule has 3 aromatic rings. The molecule has 2 N–H and O–H groups in total. The van der Waals surface area contributed by atoms with Crippen molar-refractivity contribution < 1.29 is 22.8 Å². The first kappa shape index (κ1) is 24.5. The number of halogens is 3. The summed E-state index contributed by atoms with van der Waals surface area (Å²) in [5.74, 6) is -0.116. The molecule has 11 heteroatoms. The summed E-state index contributed by atoms with van der Waals surface area (Å²) in [6.07, 6.45) is -4.31. The topological polar surface area (TPSA) is 77.6 Å². The average Bonchev–Trinajstić information content (AvgIpc) is 3.26. The van der Waals surface area contributed by atoms with E-state index < -0.39 is 17.8 Å². The summed E-state index contributed by atoms with van der Waals surface area (Å²) in [5, 5.41) is 7.49. The first-order chi connectivity index (χ1) is 16.7. The van der Waals surface area contributed by atoms with E-state index in [4.69, 9.17) is 0 Å². The summed E-state index contributed by atoms with van der Waals surface area (Å²) >= 11 is 1.23. The molecule has 7 nitrogen and oxygen atoms in total. The minimum atomic E-state index is -4.39. The van der Waals surface area contributed by atoms with Gasteiger partial charge < -0.3 is 15.1 Å². The van der Waals surface area contributed by atoms with Crippen LogP contribution in [0.3, 0.4) is 0 Å². The number of hydrogen-bond donors (Lipinski definition) is 2. The molecule has 1 aliphatic heterocycles. The first-order valence-corrected chi connectivity index (χ1v) is 11.8. The molecule has 0 radical (unpaired) electrons. The Balaban J connectivity index is 1.26. The second-order valence-corrected chi connectivity index (χ2v) is 9.04. The molecule has 0 saturated carbocycles. The minimum absolute atomic E-state index is 0.0846. The lowest BCUT2D eigenvalue weighted by molar-refractivity contribution is -0.137. The van der Waals surface area contributed by atoms with Gasteiger partial charge in [-0.2, -0.15) is 13.2 Å². The van der Waals surface area contributed by atoms with Crippen molar-refractivity contribution in [1.29, 1.82) is 0 Å². The third kappa shape index (κ3) is 6.50. The molecule has 0 aliphatic carbocycles. The molecular formula is C24H24F3N5O2S. The van der Waals surface area contributed by atoms with E-state index >= 15 is 0 Å². The number of piperazine rings is 1. The Morgan fingerprint density at radius 1 is 1.03 bits per heavy atom. The number of thiazole rings is 1. The van der Waals surface area contributed by atoms with E-state index in [0.717, 1.165) is 17.7 Å². The van der Waals surface area contributed by atoms with Crippen LogP contribution in [-0.2, 0) is 17.4 Å². The van der Waals surface area contributed by atoms with Crippen molar-refractivity contribution in [2.24, 2.45) is 0 Å². The SMILES string of the molecule is Cc1ccc(NC(=O)Nc2nc(CC(=O)N3CCN(c4cccc(C(F)(F)F)c4)CC3)cs2)cc1. The van der Waals surface area contributed by atoms with Gasteiger partial charge in [0.25, 0.3) is 0 Å². The van der Waals surface area contributed by atoms with Crippen molar-refractivity contribution in [1.82, 2.24) is 9.88 Å². The van der Waals surface area contributed by atoms with Gasteiger partial charge >= 0.3 is 12.2 Å². The normalized spacial score (nSPS) is 14.1. The van der Waals surface area contributed by atoms with Gasteiger partial charge in [0.1, 0.15) is 0 Å². The van der Waals surface area contributed by atoms with E-state index in [1.165, 1.54) is 17.4 Å². The van der Waals surface area contributed by atoms with Crippen LogP contribution in [0.15, 0.2) is 53.9 Å². The van der Waals surface area contributed by atoms with Gasteiger partial charge in [0, 0.05) is 42.9 Å². The molecule has 1 fully saturated rings. The quantitative estimate of drug-likeness (QED) is 0.514. The largest absolute Gasteiger partial charge is 0.416 e. The van der Waals surface area contributed by atoms with Crippen molar-refractivity contribution in [3.63, 3.8) is 0 Å². The van der Waals surface area contributed by atoms with Gasteiger partial charge in [0.05, 0.1) is 17.7 Å². The molecule has 0 unspecified atom stereocenters. The Kier molecular flexibility index (Phi) is 7.25. The fourth-order valence-corrected chi connectivity index (χ4v) is 4.41. The van der Waals surface area contributed by atoms with Crippen molar-refractivity contribution >= 4 is 39.8 Å². The van der Waals surface area contributed by atoms with Crippen LogP contribution in [-0.4, -0.2) is 48.0 Å². The van der Waals surface area contributed by atoms with Gasteiger partial charge in [-0.1, -0.05) is 23.8 Å². The molecule has 4 rings (SSSR count). The van der Waals surface area contributed by atoms with Gasteiger partial charge in [-0.05, 0) is 37.3 Å². The molecular weight excluding hydrogens is 479 g/mol. The molecule has 1 saturated heterocycles. The highest BCUT2D eigenvalue weighted by Crippen LogP contribution is 2.32. The lowest BCUT2D eigenvalue weighted by Crippen LogP contribution is -2.49. The van der Waals surface area contributed by atoms with E-state index in [-0.39, 0.29) is 12.3 Å². The number of alkyl halides is 3. The van der Waals surface area contributed by atoms with E-state index in [1.54, 1.807) is 28.5 Å². The van der Waals surface area contributed by atoms with Crippen molar-refractivity contribution in [3.8, 4) is 0 Å². The maximum Gasteiger partial charge on any atom is 0.416 e. The van der Waals surface area contributed by atoms with Crippen LogP contribution >= 0.6 is 11.3 Å². The molecule has 35 heavy (non-hydrogen) atoms. The van der Waals surface area contributed by atoms with Crippen LogP contribution in [0, 0.1) is 6.92 Å². The van der Waals surface area contributed by atoms with Crippen LogP contribution < -0.4 is 15.5 Å². The summed E-state index contributed by atoms with van der Waals surface area (Å²) < 4.78 is 39.0. The van der Waals surface area contributed by atoms with E-state index in [0.29, 0.717) is 48.4 Å². The number of amides is 3. The van der Waals surface area contributed by atoms with Gasteiger partial charge in [0.15, 0.2) is 5.13 Å². The van der Waals surface area contributed by atoms with Gasteiger partial charge in [-0.15, -0.1) is 11.3 Å². The molecule has 3 amide bonds. The van der Waals surface area contributed by atoms with E-state index in [1.807, 2.05) is 24.0 Å². The van der Waals surface area contributed by atoms with E-state index in [2.05, 4.69) is 15.6 Å². The fraction of sp³-hybridized carbons (Fsp3) is 0.292. The summed E-state index contributed by atoms with van der Waals surface area (Å²) in [6.45, 7) is 3.65. The molecule has 2 aromatic carbocycles. The highest BCUT2D eigenvalue weighted by molar-refractivity contribution is 7.14. The predicted octanol–water partition coefficient (Wildman–Crippen LogP) is 5.01. The number of carbonyl (C=O) groups is 2. The summed E-state index contributed by atoms with van der Waals surface area (Å²) in [6, 6.07) is 12.2. The number of nitrogens with zero attached hydrogens (tertiary/aromatic N) is 3. The van der Waals surface area contributed by atoms with Crippen LogP contribution in [0.5, 0.6) is 0 Å². The number of carbonyl (C=O) groups excluding carboxylic acids is 2. The van der Waals surface area contributed by atoms with Crippen LogP contribution in [0.2, 0.25) is 0 Å². The summed E-state index contributed by atoms with van der Waals surface area (Å²) in [7, 11) is 0. The van der Waals surface area contributed by atoms with Crippen molar-refractivity contribution in [3.05, 3.63) is 70.7 Å². The zero-order chi connectivity index (χ0) is 25.0. The number of rotatable bonds is 5. The second kappa shape index (κ2) is 10.3. The van der Waals surface area contributed by atoms with Gasteiger partial charge in [-0.3, -0.25) is 10.1 Å². The Bertz CT molecular complexity index is 1190. The number of aromatic nitrogens is 1. The third-order valence-electron chi connectivity index (χ3n) is 5.58. The Morgan fingerprint density at radius 2 is 1.74 bits per heavy atom. The highest BCUT2D eigenvalue weighted by atomic mass is 32.1. The monoisotopic (exact) mass is 503 g/mol. The molecule has 0 atom stereocenters.